The van der Waals surface area contributed by atoms with Crippen LogP contribution in [0, 0.1) is 11.8 Å². The number of fused-ring (bicyclic) bond motifs is 1. The van der Waals surface area contributed by atoms with E-state index in [9.17, 15) is 23.1 Å². The van der Waals surface area contributed by atoms with Gasteiger partial charge in [0.15, 0.2) is 5.65 Å². The molecule has 3 N–H and O–H groups in total. The zero-order valence-corrected chi connectivity index (χ0v) is 19.1. The zero-order chi connectivity index (χ0) is 23.6. The molecule has 3 aromatic rings. The van der Waals surface area contributed by atoms with E-state index in [2.05, 4.69) is 40.9 Å². The number of halogens is 4. The summed E-state index contributed by atoms with van der Waals surface area (Å²) in [5, 5.41) is 12.5. The summed E-state index contributed by atoms with van der Waals surface area (Å²) < 4.78 is 44.4. The molecule has 2 heterocycles. The Kier molecular flexibility index (Phi) is 6.94. The van der Waals surface area contributed by atoms with Gasteiger partial charge in [-0.25, -0.2) is 9.78 Å². The van der Waals surface area contributed by atoms with E-state index in [-0.39, 0.29) is 24.4 Å². The SMILES string of the molecule is O=c1[nH]c2cnc(NCC3CCC(CO)CC3)nc2n1Cc1cc(Br)ccc1OC(F)(F)F. The van der Waals surface area contributed by atoms with Gasteiger partial charge in [-0.05, 0) is 55.7 Å². The number of aromatic nitrogens is 4. The van der Waals surface area contributed by atoms with Crippen molar-refractivity contribution in [2.24, 2.45) is 11.8 Å². The summed E-state index contributed by atoms with van der Waals surface area (Å²) in [4.78, 5) is 23.8. The first kappa shape index (κ1) is 23.6. The van der Waals surface area contributed by atoms with Gasteiger partial charge in [-0.2, -0.15) is 4.98 Å². The summed E-state index contributed by atoms with van der Waals surface area (Å²) in [6, 6.07) is 4.09. The molecule has 1 aromatic carbocycles. The van der Waals surface area contributed by atoms with E-state index in [1.165, 1.54) is 29.0 Å². The molecule has 33 heavy (non-hydrogen) atoms. The molecule has 1 fully saturated rings. The van der Waals surface area contributed by atoms with Crippen LogP contribution in [-0.4, -0.2) is 44.1 Å². The predicted octanol–water partition coefficient (Wildman–Crippen LogP) is 4.04. The molecule has 0 saturated heterocycles. The van der Waals surface area contributed by atoms with Crippen LogP contribution in [0.3, 0.4) is 0 Å². The molecule has 12 heteroatoms. The Morgan fingerprint density at radius 1 is 1.24 bits per heavy atom. The average Bonchev–Trinajstić information content (AvgIpc) is 3.08. The van der Waals surface area contributed by atoms with Gasteiger partial charge in [-0.1, -0.05) is 15.9 Å². The minimum atomic E-state index is -4.86. The maximum absolute atomic E-state index is 12.8. The van der Waals surface area contributed by atoms with Crippen LogP contribution in [0.2, 0.25) is 0 Å². The number of nitrogens with one attached hydrogen (secondary N) is 2. The monoisotopic (exact) mass is 529 g/mol. The van der Waals surface area contributed by atoms with Gasteiger partial charge < -0.3 is 20.1 Å². The van der Waals surface area contributed by atoms with Crippen molar-refractivity contribution in [3.8, 4) is 5.75 Å². The van der Waals surface area contributed by atoms with Crippen molar-refractivity contribution in [3.63, 3.8) is 0 Å². The van der Waals surface area contributed by atoms with Crippen molar-refractivity contribution in [2.75, 3.05) is 18.5 Å². The Morgan fingerprint density at radius 3 is 2.67 bits per heavy atom. The second-order valence-electron chi connectivity index (χ2n) is 8.20. The molecule has 178 valence electrons. The van der Waals surface area contributed by atoms with Crippen LogP contribution in [0.25, 0.3) is 11.2 Å². The lowest BCUT2D eigenvalue weighted by molar-refractivity contribution is -0.274. The molecule has 0 aliphatic heterocycles. The van der Waals surface area contributed by atoms with Crippen LogP contribution in [0.15, 0.2) is 33.7 Å². The molecule has 2 aromatic heterocycles. The lowest BCUT2D eigenvalue weighted by Crippen LogP contribution is -2.23. The van der Waals surface area contributed by atoms with Gasteiger partial charge in [0.05, 0.1) is 12.7 Å². The van der Waals surface area contributed by atoms with Crippen LogP contribution in [0.4, 0.5) is 19.1 Å². The Hall–Kier alpha value is -2.60. The molecule has 0 unspecified atom stereocenters. The average molecular weight is 530 g/mol. The summed E-state index contributed by atoms with van der Waals surface area (Å²) in [6.07, 6.45) is 0.576. The summed E-state index contributed by atoms with van der Waals surface area (Å²) >= 11 is 3.24. The minimum Gasteiger partial charge on any atom is -0.405 e. The number of aliphatic hydroxyl groups is 1. The maximum Gasteiger partial charge on any atom is 0.573 e. The van der Waals surface area contributed by atoms with Gasteiger partial charge in [0.1, 0.15) is 11.3 Å². The Labute approximate surface area is 195 Å². The van der Waals surface area contributed by atoms with Gasteiger partial charge in [-0.3, -0.25) is 4.57 Å². The fourth-order valence-electron chi connectivity index (χ4n) is 4.10. The third-order valence-corrected chi connectivity index (χ3v) is 6.35. The number of rotatable bonds is 7. The number of benzene rings is 1. The molecule has 0 amide bonds. The fourth-order valence-corrected chi connectivity index (χ4v) is 4.51. The molecule has 0 bridgehead atoms. The lowest BCUT2D eigenvalue weighted by Gasteiger charge is -2.27. The van der Waals surface area contributed by atoms with Crippen LogP contribution in [0.5, 0.6) is 5.75 Å². The summed E-state index contributed by atoms with van der Waals surface area (Å²) in [6.45, 7) is 0.706. The van der Waals surface area contributed by atoms with Crippen molar-refractivity contribution < 1.29 is 23.0 Å². The van der Waals surface area contributed by atoms with Gasteiger partial charge in [0.25, 0.3) is 0 Å². The number of H-pyrrole nitrogens is 1. The molecule has 8 nitrogen and oxygen atoms in total. The van der Waals surface area contributed by atoms with Crippen molar-refractivity contribution >= 4 is 33.0 Å². The van der Waals surface area contributed by atoms with Crippen LogP contribution < -0.4 is 15.7 Å². The molecule has 0 radical (unpaired) electrons. The fraction of sp³-hybridized carbons (Fsp3) is 0.476. The van der Waals surface area contributed by atoms with Gasteiger partial charge in [0, 0.05) is 23.2 Å². The van der Waals surface area contributed by atoms with Crippen LogP contribution in [0.1, 0.15) is 31.2 Å². The normalized spacial score (nSPS) is 19.1. The van der Waals surface area contributed by atoms with Gasteiger partial charge >= 0.3 is 12.1 Å². The summed E-state index contributed by atoms with van der Waals surface area (Å²) in [5.41, 5.74) is 0.303. The highest BCUT2D eigenvalue weighted by Gasteiger charge is 2.32. The maximum atomic E-state index is 12.8. The molecule has 1 saturated carbocycles. The van der Waals surface area contributed by atoms with Crippen molar-refractivity contribution in [3.05, 3.63) is 44.9 Å². The van der Waals surface area contributed by atoms with E-state index in [0.717, 1.165) is 25.7 Å². The minimum absolute atomic E-state index is 0.165. The van der Waals surface area contributed by atoms with E-state index in [0.29, 0.717) is 34.3 Å². The van der Waals surface area contributed by atoms with E-state index in [1.807, 2.05) is 0 Å². The first-order chi connectivity index (χ1) is 15.7. The molecule has 4 rings (SSSR count). The number of hydrogen-bond donors (Lipinski definition) is 3. The zero-order valence-electron chi connectivity index (χ0n) is 17.5. The molecule has 0 atom stereocenters. The largest absolute Gasteiger partial charge is 0.573 e. The Bertz CT molecular complexity index is 1170. The first-order valence-corrected chi connectivity index (χ1v) is 11.4. The number of alkyl halides is 3. The number of hydrogen-bond acceptors (Lipinski definition) is 6. The number of anilines is 1. The number of aliphatic hydroxyl groups excluding tert-OH is 1. The molecular formula is C21H23BrF3N5O3. The van der Waals surface area contributed by atoms with Crippen molar-refractivity contribution in [2.45, 2.75) is 38.6 Å². The summed E-state index contributed by atoms with van der Waals surface area (Å²) in [5.74, 6) is 0.745. The molecule has 1 aliphatic rings. The Balaban J connectivity index is 1.55. The van der Waals surface area contributed by atoms with E-state index in [1.54, 1.807) is 0 Å². The smallest absolute Gasteiger partial charge is 0.405 e. The molecule has 1 aliphatic carbocycles. The second kappa shape index (κ2) is 9.72. The standard InChI is InChI=1S/C21H23BrF3N5O3/c22-15-5-6-17(33-21(23,24)25)14(7-15)10-30-18-16(28-20(30)32)9-27-19(29-18)26-8-12-1-3-13(11-31)4-2-12/h5-7,9,12-13,31H,1-4,8,10-11H2,(H,28,32)(H,26,27,29). The predicted molar refractivity (Wildman–Crippen MR) is 119 cm³/mol. The third-order valence-electron chi connectivity index (χ3n) is 5.86. The number of ether oxygens (including phenoxy) is 1. The third kappa shape index (κ3) is 5.85. The highest BCUT2D eigenvalue weighted by Crippen LogP contribution is 2.30. The lowest BCUT2D eigenvalue weighted by atomic mass is 9.82. The highest BCUT2D eigenvalue weighted by atomic mass is 79.9. The quantitative estimate of drug-likeness (QED) is 0.426. The summed E-state index contributed by atoms with van der Waals surface area (Å²) in [7, 11) is 0. The first-order valence-electron chi connectivity index (χ1n) is 10.6. The molecule has 0 spiro atoms. The number of nitrogens with zero attached hydrogens (tertiary/aromatic N) is 3. The van der Waals surface area contributed by atoms with Crippen molar-refractivity contribution in [1.29, 1.82) is 0 Å². The van der Waals surface area contributed by atoms with E-state index >= 15 is 0 Å². The Morgan fingerprint density at radius 2 is 1.97 bits per heavy atom. The van der Waals surface area contributed by atoms with Gasteiger partial charge in [0.2, 0.25) is 5.95 Å². The second-order valence-corrected chi connectivity index (χ2v) is 9.11. The highest BCUT2D eigenvalue weighted by molar-refractivity contribution is 9.10. The number of aromatic amines is 1. The van der Waals surface area contributed by atoms with Crippen molar-refractivity contribution in [1.82, 2.24) is 19.5 Å². The van der Waals surface area contributed by atoms with Crippen LogP contribution >= 0.6 is 15.9 Å². The molecular weight excluding hydrogens is 507 g/mol. The van der Waals surface area contributed by atoms with E-state index < -0.39 is 17.8 Å². The van der Waals surface area contributed by atoms with E-state index in [4.69, 9.17) is 0 Å². The topological polar surface area (TPSA) is 105 Å². The van der Waals surface area contributed by atoms with Gasteiger partial charge in [-0.15, -0.1) is 13.2 Å². The van der Waals surface area contributed by atoms with Crippen LogP contribution in [-0.2, 0) is 6.54 Å². The number of imidazole rings is 1.